The van der Waals surface area contributed by atoms with E-state index in [1.807, 2.05) is 31.2 Å². The van der Waals surface area contributed by atoms with Crippen molar-refractivity contribution in [1.82, 2.24) is 15.5 Å². The molecule has 0 saturated carbocycles. The first-order chi connectivity index (χ1) is 14.9. The lowest BCUT2D eigenvalue weighted by molar-refractivity contribution is -0.126. The number of amides is 2. The Morgan fingerprint density at radius 2 is 1.75 bits per heavy atom. The molecule has 5 N–H and O–H groups in total. The van der Waals surface area contributed by atoms with Gasteiger partial charge in [-0.05, 0) is 23.5 Å². The molecule has 32 heavy (non-hydrogen) atoms. The first kappa shape index (κ1) is 27.2. The summed E-state index contributed by atoms with van der Waals surface area (Å²) < 4.78 is 0. The fourth-order valence-corrected chi connectivity index (χ4v) is 3.68. The van der Waals surface area contributed by atoms with Crippen LogP contribution in [0, 0.1) is 11.3 Å². The number of aliphatic imine (C=N–C) groups is 1. The number of hydrogen-bond acceptors (Lipinski definition) is 5. The number of rotatable bonds is 8. The van der Waals surface area contributed by atoms with Crippen molar-refractivity contribution in [2.75, 3.05) is 19.8 Å². The molecule has 9 nitrogen and oxygen atoms in total. The second-order valence-electron chi connectivity index (χ2n) is 8.15. The molecule has 0 fully saturated rings. The van der Waals surface area contributed by atoms with Crippen molar-refractivity contribution in [3.63, 3.8) is 0 Å². The fourth-order valence-electron chi connectivity index (χ4n) is 2.72. The van der Waals surface area contributed by atoms with Gasteiger partial charge in [0.1, 0.15) is 6.04 Å². The summed E-state index contributed by atoms with van der Waals surface area (Å²) in [6.45, 7) is 7.42. The van der Waals surface area contributed by atoms with Crippen molar-refractivity contribution in [2.24, 2.45) is 16.6 Å². The lowest BCUT2D eigenvalue weighted by Gasteiger charge is -2.18. The maximum absolute atomic E-state index is 12.7. The summed E-state index contributed by atoms with van der Waals surface area (Å²) in [6.07, 6.45) is 0.977. The lowest BCUT2D eigenvalue weighted by atomic mass is 9.97. The summed E-state index contributed by atoms with van der Waals surface area (Å²) in [5.74, 6) is -1.20. The minimum absolute atomic E-state index is 0.0401. The van der Waals surface area contributed by atoms with Crippen LogP contribution in [0.1, 0.15) is 44.7 Å². The molecular formula is C22H34N6O3S. The van der Waals surface area contributed by atoms with E-state index in [0.717, 1.165) is 23.7 Å². The average molecular weight is 463 g/mol. The minimum Gasteiger partial charge on any atom is -0.369 e. The fraction of sp³-hybridized carbons (Fsp3) is 0.500. The van der Waals surface area contributed by atoms with Gasteiger partial charge in [0.2, 0.25) is 23.7 Å². The molecule has 0 spiro atoms. The SMILES string of the molecule is CC(=O)NC(CSC(=O)[C@@H](C)c1ccc(CC(C)C)cc1)C(=O)N/C(N)=N/C(=N)N(C)C. The maximum atomic E-state index is 12.7. The Morgan fingerprint density at radius 3 is 2.25 bits per heavy atom. The summed E-state index contributed by atoms with van der Waals surface area (Å²) in [5, 5.41) is 12.4. The Morgan fingerprint density at radius 1 is 1.16 bits per heavy atom. The molecule has 0 heterocycles. The zero-order valence-corrected chi connectivity index (χ0v) is 20.4. The molecule has 0 bridgehead atoms. The molecule has 1 aromatic carbocycles. The third-order valence-corrected chi connectivity index (χ3v) is 5.60. The second-order valence-corrected chi connectivity index (χ2v) is 9.17. The van der Waals surface area contributed by atoms with E-state index < -0.39 is 17.9 Å². The smallest absolute Gasteiger partial charge is 0.250 e. The topological polar surface area (TPSA) is 141 Å². The van der Waals surface area contributed by atoms with Crippen molar-refractivity contribution in [3.05, 3.63) is 35.4 Å². The zero-order chi connectivity index (χ0) is 24.4. The van der Waals surface area contributed by atoms with E-state index in [1.54, 1.807) is 14.1 Å². The van der Waals surface area contributed by atoms with Crippen molar-refractivity contribution >= 4 is 40.6 Å². The molecule has 0 aliphatic rings. The number of nitrogens with zero attached hydrogens (tertiary/aromatic N) is 2. The molecule has 1 unspecified atom stereocenters. The van der Waals surface area contributed by atoms with Gasteiger partial charge in [-0.25, -0.2) is 0 Å². The van der Waals surface area contributed by atoms with E-state index in [-0.39, 0.29) is 28.7 Å². The molecule has 1 aromatic rings. The molecule has 176 valence electrons. The Hall–Kier alpha value is -2.88. The monoisotopic (exact) mass is 462 g/mol. The number of carbonyl (C=O) groups is 3. The van der Waals surface area contributed by atoms with Crippen molar-refractivity contribution in [2.45, 2.75) is 46.1 Å². The Kier molecular flexibility index (Phi) is 10.9. The van der Waals surface area contributed by atoms with E-state index in [1.165, 1.54) is 17.4 Å². The molecule has 0 aliphatic heterocycles. The van der Waals surface area contributed by atoms with Crippen LogP contribution < -0.4 is 16.4 Å². The predicted molar refractivity (Wildman–Crippen MR) is 130 cm³/mol. The summed E-state index contributed by atoms with van der Waals surface area (Å²) in [7, 11) is 3.23. The van der Waals surface area contributed by atoms with Crippen LogP contribution in [-0.2, 0) is 20.8 Å². The Balaban J connectivity index is 2.77. The molecule has 2 atom stereocenters. The number of benzene rings is 1. The highest BCUT2D eigenvalue weighted by Gasteiger charge is 2.24. The molecule has 0 aromatic heterocycles. The van der Waals surface area contributed by atoms with E-state index in [2.05, 4.69) is 29.5 Å². The molecular weight excluding hydrogens is 428 g/mol. The van der Waals surface area contributed by atoms with Gasteiger partial charge in [-0.1, -0.05) is 56.8 Å². The molecule has 10 heteroatoms. The molecule has 0 saturated heterocycles. The van der Waals surface area contributed by atoms with E-state index in [4.69, 9.17) is 11.1 Å². The van der Waals surface area contributed by atoms with Crippen LogP contribution in [0.5, 0.6) is 0 Å². The van der Waals surface area contributed by atoms with Crippen LogP contribution in [0.3, 0.4) is 0 Å². The highest BCUT2D eigenvalue weighted by Crippen LogP contribution is 2.23. The normalized spacial score (nSPS) is 13.3. The van der Waals surface area contributed by atoms with Gasteiger partial charge in [0.15, 0.2) is 5.12 Å². The zero-order valence-electron chi connectivity index (χ0n) is 19.6. The molecule has 0 aliphatic carbocycles. The number of hydrogen-bond donors (Lipinski definition) is 4. The van der Waals surface area contributed by atoms with Crippen LogP contribution in [0.2, 0.25) is 0 Å². The quantitative estimate of drug-likeness (QED) is 0.342. The number of carbonyl (C=O) groups excluding carboxylic acids is 3. The number of nitrogens with two attached hydrogens (primary N) is 1. The van der Waals surface area contributed by atoms with Gasteiger partial charge in [0, 0.05) is 26.8 Å². The third-order valence-electron chi connectivity index (χ3n) is 4.46. The third kappa shape index (κ3) is 9.51. The first-order valence-corrected chi connectivity index (χ1v) is 11.3. The van der Waals surface area contributed by atoms with Gasteiger partial charge >= 0.3 is 0 Å². The van der Waals surface area contributed by atoms with Gasteiger partial charge in [-0.2, -0.15) is 4.99 Å². The van der Waals surface area contributed by atoms with Crippen molar-refractivity contribution < 1.29 is 14.4 Å². The van der Waals surface area contributed by atoms with Crippen LogP contribution in [-0.4, -0.2) is 59.6 Å². The van der Waals surface area contributed by atoms with Gasteiger partial charge in [-0.3, -0.25) is 25.1 Å². The van der Waals surface area contributed by atoms with Gasteiger partial charge in [-0.15, -0.1) is 0 Å². The predicted octanol–water partition coefficient (Wildman–Crippen LogP) is 1.68. The van der Waals surface area contributed by atoms with E-state index in [0.29, 0.717) is 5.92 Å². The molecule has 0 radical (unpaired) electrons. The standard InChI is InChI=1S/C22H34N6O3S/c1-13(2)11-16-7-9-17(10-8-16)14(3)20(31)32-12-18(25-15(4)29)19(30)26-21(23)27-22(24)28(5)6/h7-10,13-14,18H,11-12H2,1-6H3,(H,25,29)(H4,23,24,26,27,30)/t14-,18?/m0/s1. The second kappa shape index (κ2) is 12.8. The average Bonchev–Trinajstić information content (AvgIpc) is 2.69. The van der Waals surface area contributed by atoms with Crippen molar-refractivity contribution in [3.8, 4) is 0 Å². The maximum Gasteiger partial charge on any atom is 0.250 e. The molecule has 2 amide bonds. The highest BCUT2D eigenvalue weighted by atomic mass is 32.2. The number of nitrogens with one attached hydrogen (secondary N) is 3. The highest BCUT2D eigenvalue weighted by molar-refractivity contribution is 8.13. The van der Waals surface area contributed by atoms with Crippen LogP contribution in [0.4, 0.5) is 0 Å². The van der Waals surface area contributed by atoms with E-state index in [9.17, 15) is 14.4 Å². The van der Waals surface area contributed by atoms with E-state index >= 15 is 0 Å². The Bertz CT molecular complexity index is 852. The van der Waals surface area contributed by atoms with Crippen molar-refractivity contribution in [1.29, 1.82) is 5.41 Å². The van der Waals surface area contributed by atoms with Crippen LogP contribution in [0.25, 0.3) is 0 Å². The lowest BCUT2D eigenvalue weighted by Crippen LogP contribution is -2.51. The largest absolute Gasteiger partial charge is 0.369 e. The summed E-state index contributed by atoms with van der Waals surface area (Å²) in [4.78, 5) is 41.9. The molecule has 1 rings (SSSR count). The first-order valence-electron chi connectivity index (χ1n) is 10.3. The summed E-state index contributed by atoms with van der Waals surface area (Å²) >= 11 is 0.973. The number of guanidine groups is 2. The number of thioether (sulfide) groups is 1. The van der Waals surface area contributed by atoms with Crippen LogP contribution in [0.15, 0.2) is 29.3 Å². The summed E-state index contributed by atoms with van der Waals surface area (Å²) in [5.41, 5.74) is 7.79. The summed E-state index contributed by atoms with van der Waals surface area (Å²) in [6, 6.07) is 6.99. The minimum atomic E-state index is -0.982. The van der Waals surface area contributed by atoms with Gasteiger partial charge in [0.25, 0.3) is 0 Å². The van der Waals surface area contributed by atoms with Crippen LogP contribution >= 0.6 is 11.8 Å². The van der Waals surface area contributed by atoms with Gasteiger partial charge in [0.05, 0.1) is 5.92 Å². The Labute approximate surface area is 194 Å². The van der Waals surface area contributed by atoms with Gasteiger partial charge < -0.3 is 16.0 Å².